The van der Waals surface area contributed by atoms with Gasteiger partial charge in [-0.1, -0.05) is 259 Å². The van der Waals surface area contributed by atoms with Gasteiger partial charge in [-0.3, -0.25) is 0 Å². The number of nitrogens with zero attached hydrogens (tertiary/aromatic N) is 3. The van der Waals surface area contributed by atoms with Crippen LogP contribution in [-0.2, 0) is 0 Å². The molecule has 6 heterocycles. The summed E-state index contributed by atoms with van der Waals surface area (Å²) in [4.78, 5) is 3.77. The molecule has 0 unspecified atom stereocenters. The first kappa shape index (κ1) is 54.6. The molecule has 22 aromatic rings. The van der Waals surface area contributed by atoms with Gasteiger partial charge < -0.3 is 27.5 Å². The lowest BCUT2D eigenvalue weighted by Crippen LogP contribution is -1.97. The molecular formula is C92H53BrN4O2. The topological polar surface area (TPSA) is 56.9 Å². The van der Waals surface area contributed by atoms with Gasteiger partial charge in [0.05, 0.1) is 44.3 Å². The number of nitrogens with one attached hydrogen (secondary N) is 1. The third-order valence-electron chi connectivity index (χ3n) is 21.2. The summed E-state index contributed by atoms with van der Waals surface area (Å²) >= 11 is 3.64. The van der Waals surface area contributed by atoms with Gasteiger partial charge in [0.15, 0.2) is 11.2 Å². The molecule has 0 fully saturated rings. The molecule has 6 nitrogen and oxygen atoms in total. The summed E-state index contributed by atoms with van der Waals surface area (Å²) in [6, 6.07) is 113. The van der Waals surface area contributed by atoms with Crippen molar-refractivity contribution in [2.75, 3.05) is 0 Å². The number of fused-ring (bicyclic) bond motifs is 30. The van der Waals surface area contributed by atoms with Crippen molar-refractivity contribution in [3.05, 3.63) is 320 Å². The van der Waals surface area contributed by atoms with E-state index in [0.29, 0.717) is 0 Å². The Hall–Kier alpha value is -12.7. The van der Waals surface area contributed by atoms with E-state index in [1.807, 2.05) is 6.07 Å². The molecule has 0 saturated carbocycles. The van der Waals surface area contributed by atoms with Gasteiger partial charge in [0, 0.05) is 91.4 Å². The van der Waals surface area contributed by atoms with Crippen LogP contribution in [0.5, 0.6) is 0 Å². The second kappa shape index (κ2) is 20.7. The van der Waals surface area contributed by atoms with Gasteiger partial charge in [-0.2, -0.15) is 0 Å². The standard InChI is InChI=1S/C46H26N2O.C30H18N2O.C16H9Br/c1-2-13-27(14-3-1)47-36-22-9-7-18-34(36)43-44-41(42-35-19-8-11-24-39(35)49-46(42)45(43)47)33-17-6-10-23-37(33)48(44)38-26-25-31-29-16-5-4-15-28(29)30-20-12-21-32(38)40(30)31;1-2-10-18(11-3-1)32-23-16-8-5-13-20(23)27-28-25(19-12-4-7-15-22(19)31-28)26-21-14-6-9-17-24(21)33-30(26)29(27)32;17-15-9-8-13-11-5-2-1-4-10(11)12-6-3-7-14(15)16(12)13/h1-26H;1-17,31H;1-9H. The zero-order chi connectivity index (χ0) is 64.7. The number of aromatic amines is 1. The summed E-state index contributed by atoms with van der Waals surface area (Å²) in [6.45, 7) is 0. The summed E-state index contributed by atoms with van der Waals surface area (Å²) in [6.07, 6.45) is 0. The van der Waals surface area contributed by atoms with Crippen molar-refractivity contribution in [3.63, 3.8) is 0 Å². The van der Waals surface area contributed by atoms with E-state index in [9.17, 15) is 0 Å². The molecule has 2 aliphatic carbocycles. The van der Waals surface area contributed by atoms with E-state index in [0.717, 1.165) is 77.4 Å². The molecule has 0 spiro atoms. The van der Waals surface area contributed by atoms with Crippen LogP contribution in [0.3, 0.4) is 0 Å². The summed E-state index contributed by atoms with van der Waals surface area (Å²) in [5, 5.41) is 19.6. The maximum absolute atomic E-state index is 6.95. The van der Waals surface area contributed by atoms with Gasteiger partial charge in [-0.05, 0) is 133 Å². The largest absolute Gasteiger partial charge is 0.454 e. The van der Waals surface area contributed by atoms with E-state index in [4.69, 9.17) is 8.83 Å². The van der Waals surface area contributed by atoms with E-state index in [1.54, 1.807) is 0 Å². The maximum atomic E-state index is 6.95. The zero-order valence-electron chi connectivity index (χ0n) is 53.1. The van der Waals surface area contributed by atoms with Crippen LogP contribution in [-0.4, -0.2) is 18.7 Å². The highest BCUT2D eigenvalue weighted by Crippen LogP contribution is 2.55. The number of H-pyrrole nitrogens is 1. The minimum atomic E-state index is 0.899. The monoisotopic (exact) mass is 1320 g/mol. The Morgan fingerprint density at radius 3 is 1.21 bits per heavy atom. The van der Waals surface area contributed by atoms with Crippen molar-refractivity contribution < 1.29 is 8.83 Å². The van der Waals surface area contributed by atoms with Crippen LogP contribution in [0, 0.1) is 0 Å². The fraction of sp³-hybridized carbons (Fsp3) is 0. The summed E-state index contributed by atoms with van der Waals surface area (Å²) < 4.78 is 22.1. The number of rotatable bonds is 3. The third kappa shape index (κ3) is 7.48. The average molecular weight is 1330 g/mol. The maximum Gasteiger partial charge on any atom is 0.160 e. The Morgan fingerprint density at radius 2 is 0.636 bits per heavy atom. The molecule has 460 valence electrons. The fourth-order valence-electron chi connectivity index (χ4n) is 17.3. The van der Waals surface area contributed by atoms with Gasteiger partial charge in [0.1, 0.15) is 11.2 Å². The lowest BCUT2D eigenvalue weighted by molar-refractivity contribution is 0.671. The molecule has 1 N–H and O–H groups in total. The highest BCUT2D eigenvalue weighted by Gasteiger charge is 2.31. The fourth-order valence-corrected chi connectivity index (χ4v) is 17.8. The average Bonchev–Trinajstić information content (AvgIpc) is 1.52. The molecular weight excluding hydrogens is 1270 g/mol. The smallest absolute Gasteiger partial charge is 0.160 e. The predicted octanol–water partition coefficient (Wildman–Crippen LogP) is 26.1. The van der Waals surface area contributed by atoms with Gasteiger partial charge in [0.2, 0.25) is 0 Å². The number of aromatic nitrogens is 4. The van der Waals surface area contributed by atoms with E-state index in [1.165, 1.54) is 141 Å². The highest BCUT2D eigenvalue weighted by atomic mass is 79.9. The lowest BCUT2D eigenvalue weighted by Gasteiger charge is -2.14. The van der Waals surface area contributed by atoms with Crippen LogP contribution in [0.25, 0.3) is 214 Å². The van der Waals surface area contributed by atoms with Gasteiger partial charge in [-0.15, -0.1) is 0 Å². The van der Waals surface area contributed by atoms with E-state index in [-0.39, 0.29) is 0 Å². The van der Waals surface area contributed by atoms with Crippen LogP contribution < -0.4 is 0 Å². The Kier molecular flexibility index (Phi) is 11.4. The van der Waals surface area contributed by atoms with Crippen molar-refractivity contribution in [3.8, 4) is 61.6 Å². The first-order valence-corrected chi connectivity index (χ1v) is 34.6. The summed E-state index contributed by atoms with van der Waals surface area (Å²) in [5.74, 6) is 0. The molecule has 0 amide bonds. The number of halogens is 1. The first-order valence-electron chi connectivity index (χ1n) is 33.8. The number of benzene rings is 16. The van der Waals surface area contributed by atoms with Crippen LogP contribution >= 0.6 is 15.9 Å². The minimum absolute atomic E-state index is 0.899. The normalized spacial score (nSPS) is 12.3. The molecule has 99 heavy (non-hydrogen) atoms. The second-order valence-electron chi connectivity index (χ2n) is 26.2. The second-order valence-corrected chi connectivity index (χ2v) is 27.1. The number of furan rings is 2. The molecule has 2 aliphatic rings. The molecule has 7 heteroatoms. The predicted molar refractivity (Wildman–Crippen MR) is 418 cm³/mol. The molecule has 0 aliphatic heterocycles. The van der Waals surface area contributed by atoms with Crippen molar-refractivity contribution in [2.24, 2.45) is 0 Å². The number of para-hydroxylation sites is 8. The number of hydrogen-bond acceptors (Lipinski definition) is 2. The molecule has 0 saturated heterocycles. The zero-order valence-corrected chi connectivity index (χ0v) is 54.6. The van der Waals surface area contributed by atoms with Gasteiger partial charge in [-0.25, -0.2) is 0 Å². The van der Waals surface area contributed by atoms with Crippen molar-refractivity contribution >= 4 is 169 Å². The van der Waals surface area contributed by atoms with Crippen molar-refractivity contribution in [1.29, 1.82) is 0 Å². The quantitative estimate of drug-likeness (QED) is 0.192. The molecule has 0 radical (unpaired) electrons. The van der Waals surface area contributed by atoms with Crippen LogP contribution in [0.15, 0.2) is 329 Å². The van der Waals surface area contributed by atoms with Crippen LogP contribution in [0.4, 0.5) is 0 Å². The molecule has 0 atom stereocenters. The Bertz CT molecular complexity index is 7180. The highest BCUT2D eigenvalue weighted by molar-refractivity contribution is 9.10. The molecule has 16 aromatic carbocycles. The molecule has 6 aromatic heterocycles. The van der Waals surface area contributed by atoms with E-state index >= 15 is 0 Å². The number of hydrogen-bond donors (Lipinski definition) is 1. The molecule has 24 rings (SSSR count). The SMILES string of the molecule is Brc1ccc2c3c(cccc13)-c1ccccc1-2.c1ccc(-n2c3ccccc3c3c2c2oc4ccccc4c2c2c4ccccc4n(-c4ccc5c6c(cccc46)-c4ccccc4-5)c23)cc1.c1ccc(-n2c3ccccc3c3c4[nH]c5ccccc5c4c4c5ccccc5oc4c32)cc1. The third-order valence-corrected chi connectivity index (χ3v) is 21.9. The lowest BCUT2D eigenvalue weighted by atomic mass is 10.0. The van der Waals surface area contributed by atoms with Crippen LogP contribution in [0.1, 0.15) is 0 Å². The Balaban J connectivity index is 0.000000107. The van der Waals surface area contributed by atoms with Gasteiger partial charge in [0.25, 0.3) is 0 Å². The van der Waals surface area contributed by atoms with Crippen molar-refractivity contribution in [1.82, 2.24) is 18.7 Å². The van der Waals surface area contributed by atoms with Gasteiger partial charge >= 0.3 is 0 Å². The first-order chi connectivity index (χ1) is 49.1. The summed E-state index contributed by atoms with van der Waals surface area (Å²) in [7, 11) is 0. The Morgan fingerprint density at radius 1 is 0.242 bits per heavy atom. The van der Waals surface area contributed by atoms with Crippen molar-refractivity contribution in [2.45, 2.75) is 0 Å². The van der Waals surface area contributed by atoms with Crippen LogP contribution in [0.2, 0.25) is 0 Å². The van der Waals surface area contributed by atoms with E-state index < -0.39 is 0 Å². The molecule has 0 bridgehead atoms. The minimum Gasteiger partial charge on any atom is -0.454 e. The van der Waals surface area contributed by atoms with E-state index in [2.05, 4.69) is 344 Å². The Labute approximate surface area is 573 Å². The summed E-state index contributed by atoms with van der Waals surface area (Å²) in [5.41, 5.74) is 27.0.